The first-order valence-corrected chi connectivity index (χ1v) is 4.62. The number of hydrogen-bond acceptors (Lipinski definition) is 2. The quantitative estimate of drug-likeness (QED) is 0.802. The van der Waals surface area contributed by atoms with E-state index in [9.17, 15) is 14.0 Å². The van der Waals surface area contributed by atoms with Crippen LogP contribution >= 0.6 is 11.6 Å². The number of aromatic nitrogens is 1. The Kier molecular flexibility index (Phi) is 2.40. The van der Waals surface area contributed by atoms with Gasteiger partial charge in [-0.2, -0.15) is 0 Å². The van der Waals surface area contributed by atoms with Gasteiger partial charge in [-0.1, -0.05) is 11.6 Å². The van der Waals surface area contributed by atoms with Crippen molar-refractivity contribution in [2.45, 2.75) is 0 Å². The van der Waals surface area contributed by atoms with Crippen molar-refractivity contribution in [2.24, 2.45) is 0 Å². The van der Waals surface area contributed by atoms with Gasteiger partial charge in [-0.25, -0.2) is 9.18 Å². The molecule has 2 N–H and O–H groups in total. The number of rotatable bonds is 1. The first-order valence-electron chi connectivity index (χ1n) is 4.24. The SMILES string of the molecule is O=C(O)c1cc2cc(F)c(Cl)cc2c(=O)[nH]1. The zero-order valence-electron chi connectivity index (χ0n) is 7.75. The van der Waals surface area contributed by atoms with E-state index in [2.05, 4.69) is 4.98 Å². The molecule has 0 atom stereocenters. The Morgan fingerprint density at radius 2 is 2.06 bits per heavy atom. The fourth-order valence-electron chi connectivity index (χ4n) is 1.37. The van der Waals surface area contributed by atoms with Crippen molar-refractivity contribution in [1.82, 2.24) is 4.98 Å². The standard InChI is InChI=1S/C10H5ClFNO3/c11-6-3-5-4(1-7(6)12)2-8(10(15)16)13-9(5)14/h1-3H,(H,13,14)(H,15,16). The first kappa shape index (κ1) is 10.6. The zero-order valence-corrected chi connectivity index (χ0v) is 8.51. The summed E-state index contributed by atoms with van der Waals surface area (Å²) in [6.07, 6.45) is 0. The second-order valence-corrected chi connectivity index (χ2v) is 3.58. The first-order chi connectivity index (χ1) is 7.49. The Hall–Kier alpha value is -1.88. The van der Waals surface area contributed by atoms with Crippen molar-refractivity contribution in [3.8, 4) is 0 Å². The molecule has 0 unspecified atom stereocenters. The van der Waals surface area contributed by atoms with Crippen LogP contribution in [0.25, 0.3) is 10.8 Å². The highest BCUT2D eigenvalue weighted by molar-refractivity contribution is 6.31. The van der Waals surface area contributed by atoms with Crippen molar-refractivity contribution < 1.29 is 14.3 Å². The molecule has 0 saturated carbocycles. The van der Waals surface area contributed by atoms with E-state index in [0.717, 1.165) is 12.1 Å². The Bertz CT molecular complexity index is 650. The van der Waals surface area contributed by atoms with Crippen LogP contribution < -0.4 is 5.56 Å². The van der Waals surface area contributed by atoms with Crippen LogP contribution in [0, 0.1) is 5.82 Å². The number of benzene rings is 1. The van der Waals surface area contributed by atoms with Gasteiger partial charge in [0, 0.05) is 5.39 Å². The van der Waals surface area contributed by atoms with Gasteiger partial charge in [0.25, 0.3) is 5.56 Å². The number of H-pyrrole nitrogens is 1. The molecular formula is C10H5ClFNO3. The highest BCUT2D eigenvalue weighted by atomic mass is 35.5. The largest absolute Gasteiger partial charge is 0.477 e. The van der Waals surface area contributed by atoms with E-state index in [0.29, 0.717) is 0 Å². The van der Waals surface area contributed by atoms with Crippen LogP contribution in [0.3, 0.4) is 0 Å². The van der Waals surface area contributed by atoms with Crippen LogP contribution in [0.15, 0.2) is 23.0 Å². The number of aromatic amines is 1. The zero-order chi connectivity index (χ0) is 11.9. The summed E-state index contributed by atoms with van der Waals surface area (Å²) in [5, 5.41) is 8.87. The highest BCUT2D eigenvalue weighted by Crippen LogP contribution is 2.20. The van der Waals surface area contributed by atoms with E-state index >= 15 is 0 Å². The maximum absolute atomic E-state index is 13.1. The second-order valence-electron chi connectivity index (χ2n) is 3.17. The average Bonchev–Trinajstić information content (AvgIpc) is 2.20. The lowest BCUT2D eigenvalue weighted by Gasteiger charge is -2.01. The molecule has 0 aliphatic carbocycles. The molecule has 0 aliphatic rings. The van der Waals surface area contributed by atoms with Crippen molar-refractivity contribution in [3.63, 3.8) is 0 Å². The molecule has 0 saturated heterocycles. The van der Waals surface area contributed by atoms with Gasteiger partial charge in [-0.05, 0) is 23.6 Å². The van der Waals surface area contributed by atoms with Gasteiger partial charge >= 0.3 is 5.97 Å². The number of nitrogens with one attached hydrogen (secondary N) is 1. The van der Waals surface area contributed by atoms with E-state index in [1.165, 1.54) is 6.07 Å². The van der Waals surface area contributed by atoms with E-state index in [4.69, 9.17) is 16.7 Å². The van der Waals surface area contributed by atoms with Crippen LogP contribution in [0.2, 0.25) is 5.02 Å². The van der Waals surface area contributed by atoms with E-state index < -0.39 is 17.3 Å². The molecule has 6 heteroatoms. The molecule has 1 aromatic carbocycles. The number of hydrogen-bond donors (Lipinski definition) is 2. The number of halogens is 2. The molecule has 2 aromatic rings. The van der Waals surface area contributed by atoms with Crippen LogP contribution in [0.5, 0.6) is 0 Å². The maximum atomic E-state index is 13.1. The maximum Gasteiger partial charge on any atom is 0.352 e. The van der Waals surface area contributed by atoms with Crippen LogP contribution in [0.1, 0.15) is 10.5 Å². The van der Waals surface area contributed by atoms with Crippen molar-refractivity contribution >= 4 is 28.3 Å². The predicted octanol–water partition coefficient (Wildman–Crippen LogP) is 2.02. The summed E-state index contributed by atoms with van der Waals surface area (Å²) in [6, 6.07) is 3.37. The minimum absolute atomic E-state index is 0.149. The third-order valence-corrected chi connectivity index (χ3v) is 2.41. The Morgan fingerprint density at radius 1 is 1.38 bits per heavy atom. The summed E-state index contributed by atoms with van der Waals surface area (Å²) in [5.74, 6) is -1.98. The minimum atomic E-state index is -1.28. The van der Waals surface area contributed by atoms with Gasteiger partial charge in [0.05, 0.1) is 5.02 Å². The molecular weight excluding hydrogens is 237 g/mol. The molecule has 0 aliphatic heterocycles. The lowest BCUT2D eigenvalue weighted by atomic mass is 10.1. The molecule has 0 fully saturated rings. The van der Waals surface area contributed by atoms with Gasteiger partial charge in [0.15, 0.2) is 0 Å². The van der Waals surface area contributed by atoms with Crippen LogP contribution in [0.4, 0.5) is 4.39 Å². The van der Waals surface area contributed by atoms with Gasteiger partial charge in [0.2, 0.25) is 0 Å². The predicted molar refractivity (Wildman–Crippen MR) is 56.5 cm³/mol. The highest BCUT2D eigenvalue weighted by Gasteiger charge is 2.10. The number of aromatic carboxylic acids is 1. The number of carbonyl (C=O) groups is 1. The summed E-state index contributed by atoms with van der Waals surface area (Å²) >= 11 is 5.52. The summed E-state index contributed by atoms with van der Waals surface area (Å²) in [7, 11) is 0. The summed E-state index contributed by atoms with van der Waals surface area (Å²) < 4.78 is 13.1. The molecule has 1 aromatic heterocycles. The molecule has 82 valence electrons. The Morgan fingerprint density at radius 3 is 2.69 bits per heavy atom. The van der Waals surface area contributed by atoms with Crippen molar-refractivity contribution in [2.75, 3.05) is 0 Å². The third-order valence-electron chi connectivity index (χ3n) is 2.12. The summed E-state index contributed by atoms with van der Waals surface area (Å²) in [5.41, 5.74) is -0.906. The fourth-order valence-corrected chi connectivity index (χ4v) is 1.54. The monoisotopic (exact) mass is 241 g/mol. The lowest BCUT2D eigenvalue weighted by Crippen LogP contribution is -2.12. The molecule has 0 spiro atoms. The van der Waals surface area contributed by atoms with Gasteiger partial charge in [-0.3, -0.25) is 4.79 Å². The Labute approximate surface area is 93.3 Å². The summed E-state index contributed by atoms with van der Waals surface area (Å²) in [6.45, 7) is 0. The van der Waals surface area contributed by atoms with Gasteiger partial charge in [0.1, 0.15) is 11.5 Å². The second kappa shape index (κ2) is 3.61. The number of fused-ring (bicyclic) bond motifs is 1. The molecule has 4 nitrogen and oxygen atoms in total. The van der Waals surface area contributed by atoms with Gasteiger partial charge in [-0.15, -0.1) is 0 Å². The van der Waals surface area contributed by atoms with E-state index in [-0.39, 0.29) is 21.5 Å². The van der Waals surface area contributed by atoms with Gasteiger partial charge < -0.3 is 10.1 Å². The molecule has 2 rings (SSSR count). The Balaban J connectivity index is 2.88. The summed E-state index contributed by atoms with van der Waals surface area (Å²) in [4.78, 5) is 24.3. The minimum Gasteiger partial charge on any atom is -0.477 e. The number of carboxylic acid groups (broad SMARTS) is 1. The molecule has 16 heavy (non-hydrogen) atoms. The molecule has 1 heterocycles. The van der Waals surface area contributed by atoms with Crippen molar-refractivity contribution in [1.29, 1.82) is 0 Å². The van der Waals surface area contributed by atoms with E-state index in [1.54, 1.807) is 0 Å². The molecule has 0 radical (unpaired) electrons. The van der Waals surface area contributed by atoms with E-state index in [1.807, 2.05) is 0 Å². The fraction of sp³-hybridized carbons (Fsp3) is 0. The topological polar surface area (TPSA) is 70.2 Å². The van der Waals surface area contributed by atoms with Crippen LogP contribution in [-0.2, 0) is 0 Å². The number of carboxylic acids is 1. The third kappa shape index (κ3) is 1.65. The van der Waals surface area contributed by atoms with Crippen LogP contribution in [-0.4, -0.2) is 16.1 Å². The lowest BCUT2D eigenvalue weighted by molar-refractivity contribution is 0.0690. The molecule has 0 amide bonds. The normalized spacial score (nSPS) is 10.6. The van der Waals surface area contributed by atoms with Crippen molar-refractivity contribution in [3.05, 3.63) is 45.1 Å². The smallest absolute Gasteiger partial charge is 0.352 e. The molecule has 0 bridgehead atoms. The number of pyridine rings is 1. The average molecular weight is 242 g/mol.